The number of hydrogen-bond donors (Lipinski definition) is 1. The Morgan fingerprint density at radius 2 is 2.14 bits per heavy atom. The number of hydrogen-bond acceptors (Lipinski definition) is 3. The molecule has 2 atom stereocenters. The van der Waals surface area contributed by atoms with Crippen LogP contribution in [0.2, 0.25) is 0 Å². The number of nitrogens with zero attached hydrogens (tertiary/aromatic N) is 3. The van der Waals surface area contributed by atoms with Crippen molar-refractivity contribution in [2.24, 2.45) is 5.92 Å². The molecular formula is C16H21ClN4O. The van der Waals surface area contributed by atoms with Crippen LogP contribution in [0.4, 0.5) is 0 Å². The van der Waals surface area contributed by atoms with Crippen molar-refractivity contribution in [3.05, 3.63) is 36.4 Å². The highest BCUT2D eigenvalue weighted by Crippen LogP contribution is 2.32. The molecule has 2 aromatic rings. The molecule has 5 rings (SSSR count). The first-order chi connectivity index (χ1) is 10.2. The Kier molecular flexibility index (Phi) is 4.10. The molecule has 3 aliphatic rings. The smallest absolute Gasteiger partial charge is 0.270 e. The van der Waals surface area contributed by atoms with Gasteiger partial charge in [-0.05, 0) is 57.0 Å². The molecule has 1 N–H and O–H groups in total. The summed E-state index contributed by atoms with van der Waals surface area (Å²) in [5.74, 6) is 0.565. The van der Waals surface area contributed by atoms with E-state index in [4.69, 9.17) is 0 Å². The van der Waals surface area contributed by atoms with Gasteiger partial charge in [0.25, 0.3) is 5.91 Å². The molecule has 22 heavy (non-hydrogen) atoms. The number of piperidine rings is 3. The molecule has 1 amide bonds. The van der Waals surface area contributed by atoms with E-state index >= 15 is 0 Å². The average Bonchev–Trinajstić information content (AvgIpc) is 2.98. The number of aromatic nitrogens is 2. The number of nitrogens with one attached hydrogen (secondary N) is 1. The lowest BCUT2D eigenvalue weighted by Crippen LogP contribution is -2.62. The molecule has 0 aliphatic carbocycles. The molecule has 5 nitrogen and oxygen atoms in total. The van der Waals surface area contributed by atoms with Gasteiger partial charge >= 0.3 is 0 Å². The van der Waals surface area contributed by atoms with Gasteiger partial charge in [-0.2, -0.15) is 0 Å². The quantitative estimate of drug-likeness (QED) is 0.920. The van der Waals surface area contributed by atoms with Crippen molar-refractivity contribution in [1.82, 2.24) is 19.6 Å². The van der Waals surface area contributed by atoms with Crippen molar-refractivity contribution in [1.29, 1.82) is 0 Å². The van der Waals surface area contributed by atoms with Crippen LogP contribution in [-0.2, 0) is 0 Å². The van der Waals surface area contributed by atoms with E-state index in [9.17, 15) is 4.79 Å². The topological polar surface area (TPSA) is 49.6 Å². The number of rotatable bonds is 2. The van der Waals surface area contributed by atoms with Gasteiger partial charge in [-0.3, -0.25) is 9.69 Å². The molecule has 6 heteroatoms. The van der Waals surface area contributed by atoms with Crippen LogP contribution in [0.3, 0.4) is 0 Å². The van der Waals surface area contributed by atoms with Crippen LogP contribution in [0.25, 0.3) is 5.52 Å². The van der Waals surface area contributed by atoms with Gasteiger partial charge in [0.05, 0.1) is 6.33 Å². The van der Waals surface area contributed by atoms with Gasteiger partial charge < -0.3 is 9.72 Å². The van der Waals surface area contributed by atoms with Gasteiger partial charge in [-0.1, -0.05) is 0 Å². The largest absolute Gasteiger partial charge is 0.346 e. The molecule has 2 aromatic heterocycles. The van der Waals surface area contributed by atoms with E-state index in [1.165, 1.54) is 25.9 Å². The zero-order valence-electron chi connectivity index (χ0n) is 12.6. The van der Waals surface area contributed by atoms with Gasteiger partial charge in [0.2, 0.25) is 0 Å². The molecule has 0 aromatic carbocycles. The SMILES string of the molecule is C[C@H]1C(NC(=O)c2cc3cccn3cn2)C2CCN1CC2.Cl. The summed E-state index contributed by atoms with van der Waals surface area (Å²) in [6.45, 7) is 4.57. The van der Waals surface area contributed by atoms with Gasteiger partial charge in [0, 0.05) is 23.8 Å². The zero-order valence-corrected chi connectivity index (χ0v) is 13.4. The van der Waals surface area contributed by atoms with Gasteiger partial charge in [0.1, 0.15) is 5.69 Å². The minimum absolute atomic E-state index is 0. The summed E-state index contributed by atoms with van der Waals surface area (Å²) in [6.07, 6.45) is 6.02. The number of carbonyl (C=O) groups excluding carboxylic acids is 1. The molecule has 5 heterocycles. The highest BCUT2D eigenvalue weighted by atomic mass is 35.5. The summed E-state index contributed by atoms with van der Waals surface area (Å²) >= 11 is 0. The number of amides is 1. The van der Waals surface area contributed by atoms with Crippen molar-refractivity contribution >= 4 is 23.8 Å². The van der Waals surface area contributed by atoms with Crippen LogP contribution in [0.15, 0.2) is 30.7 Å². The number of fused-ring (bicyclic) bond motifs is 4. The molecule has 3 fully saturated rings. The third-order valence-corrected chi connectivity index (χ3v) is 5.13. The van der Waals surface area contributed by atoms with Crippen molar-refractivity contribution in [3.63, 3.8) is 0 Å². The lowest BCUT2D eigenvalue weighted by Gasteiger charge is -2.49. The molecule has 3 saturated heterocycles. The second-order valence-corrected chi connectivity index (χ2v) is 6.23. The Morgan fingerprint density at radius 1 is 1.36 bits per heavy atom. The van der Waals surface area contributed by atoms with E-state index in [0.29, 0.717) is 17.7 Å². The van der Waals surface area contributed by atoms with E-state index in [1.807, 2.05) is 28.8 Å². The van der Waals surface area contributed by atoms with Gasteiger partial charge in [0.15, 0.2) is 0 Å². The molecule has 0 radical (unpaired) electrons. The van der Waals surface area contributed by atoms with Crippen LogP contribution >= 0.6 is 12.4 Å². The maximum Gasteiger partial charge on any atom is 0.270 e. The van der Waals surface area contributed by atoms with Crippen molar-refractivity contribution in [2.45, 2.75) is 31.8 Å². The predicted molar refractivity (Wildman–Crippen MR) is 87.5 cm³/mol. The Bertz CT molecular complexity index is 676. The number of halogens is 1. The number of carbonyl (C=O) groups is 1. The summed E-state index contributed by atoms with van der Waals surface area (Å²) in [5, 5.41) is 3.22. The van der Waals surface area contributed by atoms with E-state index in [2.05, 4.69) is 22.1 Å². The Morgan fingerprint density at radius 3 is 2.86 bits per heavy atom. The van der Waals surface area contributed by atoms with Gasteiger partial charge in [-0.25, -0.2) is 4.98 Å². The molecular weight excluding hydrogens is 300 g/mol. The van der Waals surface area contributed by atoms with Crippen LogP contribution in [-0.4, -0.2) is 45.4 Å². The molecule has 0 saturated carbocycles. The first-order valence-corrected chi connectivity index (χ1v) is 7.70. The predicted octanol–water partition coefficient (Wildman–Crippen LogP) is 1.97. The standard InChI is InChI=1S/C16H20N4O.ClH/c1-11-15(12-4-7-19(11)8-5-12)18-16(21)14-9-13-3-2-6-20(13)10-17-14;/h2-3,6,9-12,15H,4-5,7-8H2,1H3,(H,18,21);1H/t11-,15?;/m0./s1. The summed E-state index contributed by atoms with van der Waals surface area (Å²) in [6, 6.07) is 6.47. The lowest BCUT2D eigenvalue weighted by atomic mass is 9.79. The van der Waals surface area contributed by atoms with E-state index in [1.54, 1.807) is 6.33 Å². The Labute approximate surface area is 136 Å². The Hall–Kier alpha value is -1.59. The third kappa shape index (κ3) is 2.48. The molecule has 1 unspecified atom stereocenters. The second kappa shape index (κ2) is 5.89. The fourth-order valence-corrected chi connectivity index (χ4v) is 3.83. The van der Waals surface area contributed by atoms with Crippen LogP contribution in [0.5, 0.6) is 0 Å². The highest BCUT2D eigenvalue weighted by molar-refractivity contribution is 5.93. The maximum atomic E-state index is 12.5. The maximum absolute atomic E-state index is 12.5. The van der Waals surface area contributed by atoms with Crippen LogP contribution < -0.4 is 5.32 Å². The molecule has 2 bridgehead atoms. The van der Waals surface area contributed by atoms with E-state index in [0.717, 1.165) is 5.52 Å². The summed E-state index contributed by atoms with van der Waals surface area (Å²) < 4.78 is 1.91. The first-order valence-electron chi connectivity index (χ1n) is 7.70. The monoisotopic (exact) mass is 320 g/mol. The van der Waals surface area contributed by atoms with E-state index in [-0.39, 0.29) is 24.4 Å². The van der Waals surface area contributed by atoms with Crippen molar-refractivity contribution < 1.29 is 4.79 Å². The average molecular weight is 321 g/mol. The summed E-state index contributed by atoms with van der Waals surface area (Å²) in [7, 11) is 0. The fourth-order valence-electron chi connectivity index (χ4n) is 3.83. The van der Waals surface area contributed by atoms with E-state index < -0.39 is 0 Å². The van der Waals surface area contributed by atoms with Crippen LogP contribution in [0.1, 0.15) is 30.3 Å². The van der Waals surface area contributed by atoms with Crippen molar-refractivity contribution in [3.8, 4) is 0 Å². The van der Waals surface area contributed by atoms with Gasteiger partial charge in [-0.15, -0.1) is 12.4 Å². The minimum atomic E-state index is -0.0516. The summed E-state index contributed by atoms with van der Waals surface area (Å²) in [4.78, 5) is 19.2. The van der Waals surface area contributed by atoms with Crippen LogP contribution in [0, 0.1) is 5.92 Å². The fraction of sp³-hybridized carbons (Fsp3) is 0.500. The summed E-state index contributed by atoms with van der Waals surface area (Å²) in [5.41, 5.74) is 1.50. The lowest BCUT2D eigenvalue weighted by molar-refractivity contribution is 0.0216. The minimum Gasteiger partial charge on any atom is -0.346 e. The molecule has 3 aliphatic heterocycles. The first kappa shape index (κ1) is 15.3. The van der Waals surface area contributed by atoms with Crippen molar-refractivity contribution in [2.75, 3.05) is 13.1 Å². The Balaban J connectivity index is 0.00000144. The third-order valence-electron chi connectivity index (χ3n) is 5.13. The molecule has 118 valence electrons. The molecule has 0 spiro atoms. The normalized spacial score (nSPS) is 30.0. The highest BCUT2D eigenvalue weighted by Gasteiger charge is 2.40. The second-order valence-electron chi connectivity index (χ2n) is 6.23. The zero-order chi connectivity index (χ0) is 14.4.